The summed E-state index contributed by atoms with van der Waals surface area (Å²) in [5.41, 5.74) is 13.4. The standard InChI is InChI=1S/C18H24N2/c1-12-6-11-17(14(3)13(12)2)18(20(4)5)15-7-9-16(19)10-8-15/h6-11,18H,19H2,1-5H3. The van der Waals surface area contributed by atoms with Crippen LogP contribution in [-0.4, -0.2) is 19.0 Å². The topological polar surface area (TPSA) is 29.3 Å². The summed E-state index contributed by atoms with van der Waals surface area (Å²) in [5, 5.41) is 0. The van der Waals surface area contributed by atoms with Gasteiger partial charge in [0.1, 0.15) is 0 Å². The third-order valence-electron chi connectivity index (χ3n) is 4.16. The van der Waals surface area contributed by atoms with Crippen LogP contribution in [0.5, 0.6) is 0 Å². The predicted molar refractivity (Wildman–Crippen MR) is 87.0 cm³/mol. The van der Waals surface area contributed by atoms with Gasteiger partial charge in [-0.1, -0.05) is 24.3 Å². The van der Waals surface area contributed by atoms with E-state index in [1.165, 1.54) is 27.8 Å². The Bertz CT molecular complexity index is 598. The zero-order chi connectivity index (χ0) is 14.9. The first kappa shape index (κ1) is 14.6. The Kier molecular flexibility index (Phi) is 4.15. The number of hydrogen-bond acceptors (Lipinski definition) is 2. The SMILES string of the molecule is Cc1ccc(C(c2ccc(N)cc2)N(C)C)c(C)c1C. The normalized spacial score (nSPS) is 12.7. The van der Waals surface area contributed by atoms with Crippen LogP contribution in [0.25, 0.3) is 0 Å². The molecule has 2 nitrogen and oxygen atoms in total. The number of hydrogen-bond donors (Lipinski definition) is 1. The zero-order valence-electron chi connectivity index (χ0n) is 13.1. The van der Waals surface area contributed by atoms with E-state index in [-0.39, 0.29) is 6.04 Å². The van der Waals surface area contributed by atoms with Crippen molar-refractivity contribution in [2.24, 2.45) is 0 Å². The summed E-state index contributed by atoms with van der Waals surface area (Å²) in [5.74, 6) is 0. The van der Waals surface area contributed by atoms with Crippen LogP contribution in [0.3, 0.4) is 0 Å². The van der Waals surface area contributed by atoms with Crippen molar-refractivity contribution in [2.75, 3.05) is 19.8 Å². The minimum Gasteiger partial charge on any atom is -0.399 e. The third-order valence-corrected chi connectivity index (χ3v) is 4.16. The molecule has 106 valence electrons. The van der Waals surface area contributed by atoms with Crippen LogP contribution in [0.1, 0.15) is 33.9 Å². The minimum absolute atomic E-state index is 0.259. The Morgan fingerprint density at radius 3 is 2.00 bits per heavy atom. The highest BCUT2D eigenvalue weighted by atomic mass is 15.1. The van der Waals surface area contributed by atoms with E-state index in [0.717, 1.165) is 5.69 Å². The van der Waals surface area contributed by atoms with Crippen molar-refractivity contribution >= 4 is 5.69 Å². The van der Waals surface area contributed by atoms with Crippen molar-refractivity contribution in [1.29, 1.82) is 0 Å². The molecule has 0 aliphatic heterocycles. The van der Waals surface area contributed by atoms with Gasteiger partial charge in [0.25, 0.3) is 0 Å². The van der Waals surface area contributed by atoms with Gasteiger partial charge in [-0.2, -0.15) is 0 Å². The van der Waals surface area contributed by atoms with Gasteiger partial charge in [0.15, 0.2) is 0 Å². The Hall–Kier alpha value is -1.80. The maximum atomic E-state index is 5.80. The quantitative estimate of drug-likeness (QED) is 0.857. The molecule has 0 aliphatic carbocycles. The van der Waals surface area contributed by atoms with Gasteiger partial charge < -0.3 is 5.73 Å². The molecule has 0 aromatic heterocycles. The van der Waals surface area contributed by atoms with E-state index in [2.05, 4.69) is 64.0 Å². The van der Waals surface area contributed by atoms with Crippen LogP contribution in [0.2, 0.25) is 0 Å². The highest BCUT2D eigenvalue weighted by molar-refractivity contribution is 5.46. The predicted octanol–water partition coefficient (Wildman–Crippen LogP) is 3.85. The molecule has 0 radical (unpaired) electrons. The molecule has 2 heteroatoms. The second-order valence-corrected chi connectivity index (χ2v) is 5.75. The van der Waals surface area contributed by atoms with Crippen LogP contribution in [-0.2, 0) is 0 Å². The number of nitrogens with two attached hydrogens (primary N) is 1. The van der Waals surface area contributed by atoms with Gasteiger partial charge in [-0.15, -0.1) is 0 Å². The molecule has 1 unspecified atom stereocenters. The van der Waals surface area contributed by atoms with Crippen LogP contribution in [0.15, 0.2) is 36.4 Å². The van der Waals surface area contributed by atoms with Crippen molar-refractivity contribution < 1.29 is 0 Å². The Morgan fingerprint density at radius 2 is 1.45 bits per heavy atom. The lowest BCUT2D eigenvalue weighted by Crippen LogP contribution is -2.22. The summed E-state index contributed by atoms with van der Waals surface area (Å²) in [4.78, 5) is 2.25. The Morgan fingerprint density at radius 1 is 0.850 bits per heavy atom. The molecule has 0 heterocycles. The molecular formula is C18H24N2. The number of aryl methyl sites for hydroxylation is 1. The second-order valence-electron chi connectivity index (χ2n) is 5.75. The number of nitrogen functional groups attached to an aromatic ring is 1. The fourth-order valence-corrected chi connectivity index (χ4v) is 2.71. The average molecular weight is 268 g/mol. The van der Waals surface area contributed by atoms with Crippen LogP contribution >= 0.6 is 0 Å². The van der Waals surface area contributed by atoms with Crippen LogP contribution in [0.4, 0.5) is 5.69 Å². The lowest BCUT2D eigenvalue weighted by molar-refractivity contribution is 0.341. The van der Waals surface area contributed by atoms with E-state index in [9.17, 15) is 0 Å². The molecule has 0 amide bonds. The highest BCUT2D eigenvalue weighted by Gasteiger charge is 2.19. The molecule has 1 atom stereocenters. The number of anilines is 1. The molecule has 2 aromatic carbocycles. The molecule has 0 spiro atoms. The molecule has 20 heavy (non-hydrogen) atoms. The summed E-state index contributed by atoms with van der Waals surface area (Å²) in [6, 6.07) is 12.9. The molecule has 2 aromatic rings. The number of nitrogens with zero attached hydrogens (tertiary/aromatic N) is 1. The highest BCUT2D eigenvalue weighted by Crippen LogP contribution is 2.31. The fourth-order valence-electron chi connectivity index (χ4n) is 2.71. The molecule has 0 bridgehead atoms. The van der Waals surface area contributed by atoms with Gasteiger partial charge in [-0.25, -0.2) is 0 Å². The summed E-state index contributed by atoms with van der Waals surface area (Å²) in [7, 11) is 4.24. The molecule has 0 saturated carbocycles. The van der Waals surface area contributed by atoms with Crippen molar-refractivity contribution in [1.82, 2.24) is 4.90 Å². The second kappa shape index (κ2) is 5.68. The van der Waals surface area contributed by atoms with Crippen molar-refractivity contribution in [3.63, 3.8) is 0 Å². The number of benzene rings is 2. The largest absolute Gasteiger partial charge is 0.399 e. The van der Waals surface area contributed by atoms with Gasteiger partial charge in [0.2, 0.25) is 0 Å². The Balaban J connectivity index is 2.55. The van der Waals surface area contributed by atoms with E-state index in [4.69, 9.17) is 5.73 Å². The monoisotopic (exact) mass is 268 g/mol. The molecule has 2 N–H and O–H groups in total. The molecule has 2 rings (SSSR count). The molecule has 0 saturated heterocycles. The summed E-state index contributed by atoms with van der Waals surface area (Å²) < 4.78 is 0. The van der Waals surface area contributed by atoms with E-state index >= 15 is 0 Å². The third kappa shape index (κ3) is 2.70. The van der Waals surface area contributed by atoms with Crippen LogP contribution in [0, 0.1) is 20.8 Å². The Labute approximate surface area is 122 Å². The first-order valence-corrected chi connectivity index (χ1v) is 7.00. The van der Waals surface area contributed by atoms with Crippen molar-refractivity contribution in [3.05, 3.63) is 64.2 Å². The van der Waals surface area contributed by atoms with Gasteiger partial charge >= 0.3 is 0 Å². The van der Waals surface area contributed by atoms with Gasteiger partial charge in [0, 0.05) is 5.69 Å². The van der Waals surface area contributed by atoms with Crippen LogP contribution < -0.4 is 5.73 Å². The summed E-state index contributed by atoms with van der Waals surface area (Å²) in [6.45, 7) is 6.58. The van der Waals surface area contributed by atoms with Gasteiger partial charge in [0.05, 0.1) is 6.04 Å². The number of rotatable bonds is 3. The maximum absolute atomic E-state index is 5.80. The fraction of sp³-hybridized carbons (Fsp3) is 0.333. The lowest BCUT2D eigenvalue weighted by atomic mass is 9.90. The van der Waals surface area contributed by atoms with E-state index in [1.807, 2.05) is 12.1 Å². The first-order valence-electron chi connectivity index (χ1n) is 7.00. The molecule has 0 aliphatic rings. The first-order chi connectivity index (χ1) is 9.41. The maximum Gasteiger partial charge on any atom is 0.0599 e. The van der Waals surface area contributed by atoms with E-state index < -0.39 is 0 Å². The van der Waals surface area contributed by atoms with Crippen molar-refractivity contribution in [2.45, 2.75) is 26.8 Å². The minimum atomic E-state index is 0.259. The lowest BCUT2D eigenvalue weighted by Gasteiger charge is -2.28. The van der Waals surface area contributed by atoms with Gasteiger partial charge in [-0.3, -0.25) is 4.90 Å². The molecular weight excluding hydrogens is 244 g/mol. The smallest absolute Gasteiger partial charge is 0.0599 e. The average Bonchev–Trinajstić information content (AvgIpc) is 2.41. The summed E-state index contributed by atoms with van der Waals surface area (Å²) >= 11 is 0. The van der Waals surface area contributed by atoms with E-state index in [1.54, 1.807) is 0 Å². The van der Waals surface area contributed by atoms with Crippen molar-refractivity contribution in [3.8, 4) is 0 Å². The van der Waals surface area contributed by atoms with Gasteiger partial charge in [-0.05, 0) is 74.8 Å². The zero-order valence-corrected chi connectivity index (χ0v) is 13.1. The molecule has 0 fully saturated rings. The van der Waals surface area contributed by atoms with E-state index in [0.29, 0.717) is 0 Å². The summed E-state index contributed by atoms with van der Waals surface area (Å²) in [6.07, 6.45) is 0.